The molecule has 0 radical (unpaired) electrons. The molecule has 1 aliphatic heterocycles. The van der Waals surface area contributed by atoms with Crippen molar-refractivity contribution < 1.29 is 18.3 Å². The number of rotatable bonds is 8. The van der Waals surface area contributed by atoms with Gasteiger partial charge in [0, 0.05) is 60.3 Å². The molecule has 0 atom stereocenters. The molecule has 0 saturated carbocycles. The molecule has 1 fully saturated rings. The van der Waals surface area contributed by atoms with Gasteiger partial charge in [-0.15, -0.1) is 0 Å². The molecule has 2 aromatic carbocycles. The van der Waals surface area contributed by atoms with Gasteiger partial charge in [-0.2, -0.15) is 4.39 Å². The molecule has 11 heteroatoms. The van der Waals surface area contributed by atoms with Crippen molar-refractivity contribution in [3.8, 4) is 17.0 Å². The molecule has 1 amide bonds. The monoisotopic (exact) mass is 583 g/mol. The lowest BCUT2D eigenvalue weighted by atomic mass is 9.96. The third-order valence-corrected chi connectivity index (χ3v) is 7.82. The number of anilines is 2. The molecule has 1 aliphatic rings. The zero-order chi connectivity index (χ0) is 29.9. The first-order chi connectivity index (χ1) is 20.9. The summed E-state index contributed by atoms with van der Waals surface area (Å²) in [5, 5.41) is 3.25. The van der Waals surface area contributed by atoms with Crippen LogP contribution in [0.3, 0.4) is 0 Å². The number of aromatic nitrogens is 4. The molecule has 3 N–H and O–H groups in total. The number of imidazole rings is 1. The van der Waals surface area contributed by atoms with Crippen LogP contribution >= 0.6 is 0 Å². The van der Waals surface area contributed by atoms with Crippen molar-refractivity contribution >= 4 is 23.1 Å². The predicted octanol–water partition coefficient (Wildman–Crippen LogP) is 5.51. The number of piperidine rings is 1. The van der Waals surface area contributed by atoms with E-state index in [-0.39, 0.29) is 23.8 Å². The topological polar surface area (TPSA) is 111 Å². The summed E-state index contributed by atoms with van der Waals surface area (Å²) in [7, 11) is 0. The zero-order valence-electron chi connectivity index (χ0n) is 23.6. The van der Waals surface area contributed by atoms with Crippen molar-refractivity contribution in [2.24, 2.45) is 11.7 Å². The Bertz CT molecular complexity index is 1770. The van der Waals surface area contributed by atoms with Crippen molar-refractivity contribution in [3.05, 3.63) is 102 Å². The van der Waals surface area contributed by atoms with Gasteiger partial charge in [-0.05, 0) is 74.2 Å². The van der Waals surface area contributed by atoms with Gasteiger partial charge < -0.3 is 20.7 Å². The Kier molecular flexibility index (Phi) is 7.97. The summed E-state index contributed by atoms with van der Waals surface area (Å²) < 4.78 is 37.4. The summed E-state index contributed by atoms with van der Waals surface area (Å²) in [6.07, 6.45) is 9.72. The van der Waals surface area contributed by atoms with Gasteiger partial charge in [0.1, 0.15) is 6.61 Å². The van der Waals surface area contributed by atoms with E-state index in [1.165, 1.54) is 18.3 Å². The lowest BCUT2D eigenvalue weighted by molar-refractivity contribution is 0.0692. The zero-order valence-corrected chi connectivity index (χ0v) is 23.6. The minimum atomic E-state index is -1.09. The molecule has 3 aromatic heterocycles. The Labute approximate surface area is 247 Å². The molecule has 43 heavy (non-hydrogen) atoms. The van der Waals surface area contributed by atoms with E-state index in [9.17, 15) is 4.79 Å². The maximum Gasteiger partial charge on any atom is 0.254 e. The number of nitrogens with zero attached hydrogens (tertiary/aromatic N) is 5. The number of nitrogens with one attached hydrogen (secondary N) is 1. The second kappa shape index (κ2) is 12.1. The first kappa shape index (κ1) is 28.2. The Balaban J connectivity index is 1.21. The van der Waals surface area contributed by atoms with E-state index in [0.29, 0.717) is 54.0 Å². The van der Waals surface area contributed by atoms with E-state index in [1.54, 1.807) is 41.3 Å². The van der Waals surface area contributed by atoms with E-state index in [2.05, 4.69) is 20.3 Å². The largest absolute Gasteiger partial charge is 0.486 e. The number of nitrogens with two attached hydrogens (primary N) is 1. The summed E-state index contributed by atoms with van der Waals surface area (Å²) in [5.74, 6) is -1.41. The first-order valence-electron chi connectivity index (χ1n) is 14.1. The number of ether oxygens (including phenoxy) is 1. The van der Waals surface area contributed by atoms with Gasteiger partial charge in [-0.3, -0.25) is 14.2 Å². The van der Waals surface area contributed by atoms with Crippen LogP contribution in [0.15, 0.2) is 73.4 Å². The number of likely N-dealkylation sites (tertiary alicyclic amines) is 1. The van der Waals surface area contributed by atoms with Gasteiger partial charge in [-0.25, -0.2) is 14.4 Å². The van der Waals surface area contributed by atoms with Crippen LogP contribution in [0, 0.1) is 24.5 Å². The number of fused-ring (bicyclic) bond motifs is 1. The fourth-order valence-electron chi connectivity index (χ4n) is 5.35. The van der Waals surface area contributed by atoms with Crippen LogP contribution in [0.4, 0.5) is 20.3 Å². The Hall–Kier alpha value is -4.90. The van der Waals surface area contributed by atoms with Gasteiger partial charge in [-0.1, -0.05) is 6.07 Å². The van der Waals surface area contributed by atoms with Crippen LogP contribution in [0.25, 0.3) is 16.9 Å². The summed E-state index contributed by atoms with van der Waals surface area (Å²) in [5.41, 5.74) is 9.53. The highest BCUT2D eigenvalue weighted by molar-refractivity contribution is 5.96. The Morgan fingerprint density at radius 1 is 1.07 bits per heavy atom. The van der Waals surface area contributed by atoms with Crippen molar-refractivity contribution in [2.75, 3.05) is 25.0 Å². The fraction of sp³-hybridized carbons (Fsp3) is 0.250. The minimum absolute atomic E-state index is 0.0143. The van der Waals surface area contributed by atoms with E-state index >= 15 is 8.78 Å². The smallest absolute Gasteiger partial charge is 0.254 e. The normalized spacial score (nSPS) is 13.8. The number of hydrogen-bond donors (Lipinski definition) is 2. The molecule has 4 heterocycles. The average Bonchev–Trinajstić information content (AvgIpc) is 3.47. The Morgan fingerprint density at radius 3 is 2.65 bits per heavy atom. The quantitative estimate of drug-likeness (QED) is 0.248. The summed E-state index contributed by atoms with van der Waals surface area (Å²) >= 11 is 0. The summed E-state index contributed by atoms with van der Waals surface area (Å²) in [6.45, 7) is 4.02. The molecule has 0 aliphatic carbocycles. The van der Waals surface area contributed by atoms with Crippen LogP contribution in [0.1, 0.15) is 34.3 Å². The molecule has 9 nitrogen and oxygen atoms in total. The molecule has 220 valence electrons. The van der Waals surface area contributed by atoms with E-state index in [4.69, 9.17) is 10.5 Å². The SMILES string of the molecule is Cc1cc(Nc2nccn3c(-c4ccc(OCc5cccnc5)c(F)c4F)cnc23)ccc1C(=O)N1CCC(CN)CC1. The minimum Gasteiger partial charge on any atom is -0.486 e. The fourth-order valence-corrected chi connectivity index (χ4v) is 5.35. The maximum atomic E-state index is 15.3. The summed E-state index contributed by atoms with van der Waals surface area (Å²) in [6, 6.07) is 11.9. The lowest BCUT2D eigenvalue weighted by Gasteiger charge is -2.31. The molecule has 6 rings (SSSR count). The maximum absolute atomic E-state index is 15.3. The second-order valence-electron chi connectivity index (χ2n) is 10.6. The molecular weight excluding hydrogens is 552 g/mol. The molecular formula is C32H31F2N7O2. The highest BCUT2D eigenvalue weighted by atomic mass is 19.2. The van der Waals surface area contributed by atoms with Gasteiger partial charge in [0.2, 0.25) is 5.82 Å². The van der Waals surface area contributed by atoms with Crippen LogP contribution in [-0.2, 0) is 6.61 Å². The average molecular weight is 584 g/mol. The van der Waals surface area contributed by atoms with Crippen molar-refractivity contribution in [1.29, 1.82) is 0 Å². The van der Waals surface area contributed by atoms with Crippen LogP contribution in [0.5, 0.6) is 5.75 Å². The van der Waals surface area contributed by atoms with E-state index < -0.39 is 11.6 Å². The van der Waals surface area contributed by atoms with Gasteiger partial charge in [0.25, 0.3) is 5.91 Å². The second-order valence-corrected chi connectivity index (χ2v) is 10.6. The number of halogens is 2. The predicted molar refractivity (Wildman–Crippen MR) is 159 cm³/mol. The third-order valence-electron chi connectivity index (χ3n) is 7.82. The lowest BCUT2D eigenvalue weighted by Crippen LogP contribution is -2.40. The van der Waals surface area contributed by atoms with Crippen LogP contribution < -0.4 is 15.8 Å². The Morgan fingerprint density at radius 2 is 1.91 bits per heavy atom. The van der Waals surface area contributed by atoms with Crippen LogP contribution in [0.2, 0.25) is 0 Å². The first-order valence-corrected chi connectivity index (χ1v) is 14.1. The molecule has 0 bridgehead atoms. The summed E-state index contributed by atoms with van der Waals surface area (Å²) in [4.78, 5) is 27.9. The number of amides is 1. The number of benzene rings is 2. The van der Waals surface area contributed by atoms with E-state index in [0.717, 1.165) is 24.0 Å². The standard InChI is InChI=1S/C32H31F2N7O2/c1-20-15-23(4-5-24(20)32(42)40-12-8-21(16-35)9-13-40)39-30-31-38-18-26(41(31)14-11-37-30)25-6-7-27(29(34)28(25)33)43-19-22-3-2-10-36-17-22/h2-7,10-11,14-15,17-18,21H,8-9,12-13,16,19,35H2,1H3,(H,37,39). The molecule has 1 saturated heterocycles. The van der Waals surface area contributed by atoms with Crippen LogP contribution in [-0.4, -0.2) is 49.8 Å². The van der Waals surface area contributed by atoms with Crippen molar-refractivity contribution in [1.82, 2.24) is 24.3 Å². The van der Waals surface area contributed by atoms with Crippen molar-refractivity contribution in [3.63, 3.8) is 0 Å². The molecule has 0 spiro atoms. The number of carbonyl (C=O) groups excluding carboxylic acids is 1. The molecule has 5 aromatic rings. The van der Waals surface area contributed by atoms with Crippen molar-refractivity contribution in [2.45, 2.75) is 26.4 Å². The van der Waals surface area contributed by atoms with Gasteiger partial charge in [0.05, 0.1) is 11.9 Å². The molecule has 0 unspecified atom stereocenters. The number of hydrogen-bond acceptors (Lipinski definition) is 7. The van der Waals surface area contributed by atoms with Gasteiger partial charge >= 0.3 is 0 Å². The number of pyridine rings is 1. The highest BCUT2D eigenvalue weighted by Gasteiger charge is 2.24. The highest BCUT2D eigenvalue weighted by Crippen LogP contribution is 2.32. The number of aryl methyl sites for hydroxylation is 1. The number of carbonyl (C=O) groups is 1. The van der Waals surface area contributed by atoms with Gasteiger partial charge in [0.15, 0.2) is 23.0 Å². The van der Waals surface area contributed by atoms with E-state index in [1.807, 2.05) is 30.0 Å². The third kappa shape index (κ3) is 5.76.